The van der Waals surface area contributed by atoms with Gasteiger partial charge in [-0.05, 0) is 43.9 Å². The molecule has 0 aromatic heterocycles. The van der Waals surface area contributed by atoms with Crippen molar-refractivity contribution in [3.05, 3.63) is 35.4 Å². The lowest BCUT2D eigenvalue weighted by atomic mass is 10.0. The van der Waals surface area contributed by atoms with Gasteiger partial charge in [0.25, 0.3) is 0 Å². The van der Waals surface area contributed by atoms with Crippen LogP contribution in [0.3, 0.4) is 0 Å². The van der Waals surface area contributed by atoms with E-state index >= 15 is 0 Å². The topological polar surface area (TPSA) is 52.6 Å². The number of hydrogen-bond acceptors (Lipinski definition) is 3. The minimum absolute atomic E-state index is 0.0895. The Labute approximate surface area is 133 Å². The molecule has 1 heterocycles. The van der Waals surface area contributed by atoms with Crippen molar-refractivity contribution in [2.45, 2.75) is 45.1 Å². The normalized spacial score (nSPS) is 19.1. The van der Waals surface area contributed by atoms with E-state index < -0.39 is 0 Å². The van der Waals surface area contributed by atoms with Gasteiger partial charge in [-0.2, -0.15) is 0 Å². The second kappa shape index (κ2) is 8.91. The SMILES string of the molecule is Cc1ccccc1CC(=O)NCCCN1CCCC[C@H]1CO. The summed E-state index contributed by atoms with van der Waals surface area (Å²) in [5.74, 6) is 0.0895. The fraction of sp³-hybridized carbons (Fsp3) is 0.611. The van der Waals surface area contributed by atoms with Crippen LogP contribution < -0.4 is 5.32 Å². The summed E-state index contributed by atoms with van der Waals surface area (Å²) in [6.45, 7) is 5.02. The maximum absolute atomic E-state index is 12.0. The van der Waals surface area contributed by atoms with Crippen LogP contribution in [0.15, 0.2) is 24.3 Å². The molecule has 0 radical (unpaired) electrons. The first kappa shape index (κ1) is 17.0. The molecule has 1 aromatic rings. The molecule has 1 aliphatic heterocycles. The molecule has 1 saturated heterocycles. The van der Waals surface area contributed by atoms with Gasteiger partial charge in [0.1, 0.15) is 0 Å². The van der Waals surface area contributed by atoms with Gasteiger partial charge in [0.15, 0.2) is 0 Å². The maximum atomic E-state index is 12.0. The summed E-state index contributed by atoms with van der Waals surface area (Å²) >= 11 is 0. The molecule has 1 amide bonds. The van der Waals surface area contributed by atoms with Crippen LogP contribution in [0.2, 0.25) is 0 Å². The van der Waals surface area contributed by atoms with E-state index in [9.17, 15) is 9.90 Å². The van der Waals surface area contributed by atoms with Crippen LogP contribution in [0.5, 0.6) is 0 Å². The van der Waals surface area contributed by atoms with Crippen molar-refractivity contribution in [3.8, 4) is 0 Å². The molecular weight excluding hydrogens is 276 g/mol. The van der Waals surface area contributed by atoms with E-state index in [0.717, 1.165) is 37.1 Å². The third kappa shape index (κ3) is 5.11. The lowest BCUT2D eigenvalue weighted by Gasteiger charge is -2.34. The lowest BCUT2D eigenvalue weighted by molar-refractivity contribution is -0.120. The van der Waals surface area contributed by atoms with Crippen LogP contribution in [0.1, 0.15) is 36.8 Å². The van der Waals surface area contributed by atoms with Crippen molar-refractivity contribution in [1.82, 2.24) is 10.2 Å². The average molecular weight is 304 g/mol. The Kier molecular flexibility index (Phi) is 6.87. The predicted molar refractivity (Wildman–Crippen MR) is 88.8 cm³/mol. The first-order valence-corrected chi connectivity index (χ1v) is 8.37. The fourth-order valence-corrected chi connectivity index (χ4v) is 3.12. The van der Waals surface area contributed by atoms with Gasteiger partial charge in [0, 0.05) is 19.1 Å². The molecule has 0 aliphatic carbocycles. The Hall–Kier alpha value is -1.39. The standard InChI is InChI=1S/C18H28N2O2/c1-15-7-2-3-8-16(15)13-18(22)19-10-6-12-20-11-5-4-9-17(20)14-21/h2-3,7-8,17,21H,4-6,9-14H2,1H3,(H,19,22)/t17-/m0/s1. The first-order valence-electron chi connectivity index (χ1n) is 8.37. The summed E-state index contributed by atoms with van der Waals surface area (Å²) in [5, 5.41) is 12.4. The highest BCUT2D eigenvalue weighted by molar-refractivity contribution is 5.78. The van der Waals surface area contributed by atoms with E-state index in [1.807, 2.05) is 31.2 Å². The molecule has 22 heavy (non-hydrogen) atoms. The number of nitrogens with zero attached hydrogens (tertiary/aromatic N) is 1. The van der Waals surface area contributed by atoms with E-state index in [2.05, 4.69) is 10.2 Å². The van der Waals surface area contributed by atoms with Crippen molar-refractivity contribution >= 4 is 5.91 Å². The van der Waals surface area contributed by atoms with Gasteiger partial charge in [-0.1, -0.05) is 30.7 Å². The molecule has 1 atom stereocenters. The van der Waals surface area contributed by atoms with E-state index in [-0.39, 0.29) is 12.5 Å². The number of aryl methyl sites for hydroxylation is 1. The molecule has 2 rings (SSSR count). The number of rotatable bonds is 7. The van der Waals surface area contributed by atoms with Gasteiger partial charge in [-0.25, -0.2) is 0 Å². The van der Waals surface area contributed by atoms with Crippen LogP contribution in [0, 0.1) is 6.92 Å². The Bertz CT molecular complexity index is 476. The van der Waals surface area contributed by atoms with Gasteiger partial charge in [0.2, 0.25) is 5.91 Å². The first-order chi connectivity index (χ1) is 10.7. The van der Waals surface area contributed by atoms with Crippen LogP contribution in [0.4, 0.5) is 0 Å². The molecule has 4 nitrogen and oxygen atoms in total. The van der Waals surface area contributed by atoms with Gasteiger partial charge in [0.05, 0.1) is 13.0 Å². The summed E-state index contributed by atoms with van der Waals surface area (Å²) in [6.07, 6.45) is 4.92. The van der Waals surface area contributed by atoms with Gasteiger partial charge < -0.3 is 10.4 Å². The third-order valence-electron chi connectivity index (χ3n) is 4.52. The molecule has 4 heteroatoms. The summed E-state index contributed by atoms with van der Waals surface area (Å²) < 4.78 is 0. The molecular formula is C18H28N2O2. The summed E-state index contributed by atoms with van der Waals surface area (Å²) in [6, 6.07) is 8.33. The van der Waals surface area contributed by atoms with Crippen molar-refractivity contribution in [2.24, 2.45) is 0 Å². The number of benzene rings is 1. The van der Waals surface area contributed by atoms with Crippen molar-refractivity contribution in [1.29, 1.82) is 0 Å². The number of amides is 1. The highest BCUT2D eigenvalue weighted by Gasteiger charge is 2.20. The Balaban J connectivity index is 1.66. The Morgan fingerprint density at radius 3 is 2.95 bits per heavy atom. The van der Waals surface area contributed by atoms with Crippen LogP contribution in [0.25, 0.3) is 0 Å². The zero-order chi connectivity index (χ0) is 15.8. The highest BCUT2D eigenvalue weighted by atomic mass is 16.3. The minimum atomic E-state index is 0.0895. The van der Waals surface area contributed by atoms with Gasteiger partial charge >= 0.3 is 0 Å². The second-order valence-electron chi connectivity index (χ2n) is 6.17. The Morgan fingerprint density at radius 1 is 1.36 bits per heavy atom. The smallest absolute Gasteiger partial charge is 0.224 e. The maximum Gasteiger partial charge on any atom is 0.224 e. The zero-order valence-electron chi connectivity index (χ0n) is 13.6. The number of carbonyl (C=O) groups excluding carboxylic acids is 1. The number of nitrogens with one attached hydrogen (secondary N) is 1. The molecule has 2 N–H and O–H groups in total. The molecule has 0 unspecified atom stereocenters. The minimum Gasteiger partial charge on any atom is -0.395 e. The van der Waals surface area contributed by atoms with E-state index in [4.69, 9.17) is 0 Å². The third-order valence-corrected chi connectivity index (χ3v) is 4.52. The van der Waals surface area contributed by atoms with Crippen molar-refractivity contribution < 1.29 is 9.90 Å². The summed E-state index contributed by atoms with van der Waals surface area (Å²) in [4.78, 5) is 14.3. The zero-order valence-corrected chi connectivity index (χ0v) is 13.6. The summed E-state index contributed by atoms with van der Waals surface area (Å²) in [7, 11) is 0. The number of piperidine rings is 1. The van der Waals surface area contributed by atoms with Crippen LogP contribution in [-0.2, 0) is 11.2 Å². The van der Waals surface area contributed by atoms with Gasteiger partial charge in [-0.15, -0.1) is 0 Å². The lowest BCUT2D eigenvalue weighted by Crippen LogP contribution is -2.43. The Morgan fingerprint density at radius 2 is 2.18 bits per heavy atom. The van der Waals surface area contributed by atoms with Gasteiger partial charge in [-0.3, -0.25) is 9.69 Å². The summed E-state index contributed by atoms with van der Waals surface area (Å²) in [5.41, 5.74) is 2.26. The number of likely N-dealkylation sites (tertiary alicyclic amines) is 1. The number of aliphatic hydroxyl groups excluding tert-OH is 1. The fourth-order valence-electron chi connectivity index (χ4n) is 3.12. The molecule has 0 saturated carbocycles. The second-order valence-corrected chi connectivity index (χ2v) is 6.17. The molecule has 0 spiro atoms. The van der Waals surface area contributed by atoms with Crippen molar-refractivity contribution in [2.75, 3.05) is 26.2 Å². The van der Waals surface area contributed by atoms with Crippen LogP contribution in [-0.4, -0.2) is 48.2 Å². The molecule has 1 aromatic carbocycles. The molecule has 122 valence electrons. The number of hydrogen-bond donors (Lipinski definition) is 2. The predicted octanol–water partition coefficient (Wildman–Crippen LogP) is 1.89. The largest absolute Gasteiger partial charge is 0.395 e. The monoisotopic (exact) mass is 304 g/mol. The quantitative estimate of drug-likeness (QED) is 0.756. The molecule has 1 fully saturated rings. The number of aliphatic hydroxyl groups is 1. The van der Waals surface area contributed by atoms with Crippen LogP contribution >= 0.6 is 0 Å². The van der Waals surface area contributed by atoms with E-state index in [1.165, 1.54) is 12.8 Å². The highest BCUT2D eigenvalue weighted by Crippen LogP contribution is 2.16. The number of carbonyl (C=O) groups is 1. The van der Waals surface area contributed by atoms with E-state index in [1.54, 1.807) is 0 Å². The average Bonchev–Trinajstić information content (AvgIpc) is 2.54. The molecule has 1 aliphatic rings. The van der Waals surface area contributed by atoms with Crippen molar-refractivity contribution in [3.63, 3.8) is 0 Å². The van der Waals surface area contributed by atoms with E-state index in [0.29, 0.717) is 19.0 Å². The molecule has 0 bridgehead atoms.